The molecule has 0 spiro atoms. The third-order valence-electron chi connectivity index (χ3n) is 5.86. The van der Waals surface area contributed by atoms with Crippen LogP contribution in [0.5, 0.6) is 0 Å². The number of nitrogens with two attached hydrogens (primary N) is 1. The average Bonchev–Trinajstić information content (AvgIpc) is 3.25. The van der Waals surface area contributed by atoms with Gasteiger partial charge in [-0.1, -0.05) is 12.1 Å². The van der Waals surface area contributed by atoms with Gasteiger partial charge in [0.15, 0.2) is 0 Å². The van der Waals surface area contributed by atoms with Gasteiger partial charge in [-0.25, -0.2) is 0 Å². The number of morpholine rings is 1. The molecule has 5 rings (SSSR count). The van der Waals surface area contributed by atoms with E-state index in [1.54, 1.807) is 24.5 Å². The number of aromatic nitrogens is 2. The maximum Gasteiger partial charge on any atom is 0.250 e. The number of fused-ring (bicyclic) bond motifs is 1. The summed E-state index contributed by atoms with van der Waals surface area (Å²) in [5.41, 5.74) is 11.7. The molecule has 0 radical (unpaired) electrons. The maximum absolute atomic E-state index is 11.8. The summed E-state index contributed by atoms with van der Waals surface area (Å²) in [6, 6.07) is 15.6. The fraction of sp³-hybridized carbons (Fsp3) is 0.200. The average molecular weight is 443 g/mol. The summed E-state index contributed by atoms with van der Waals surface area (Å²) < 4.78 is 5.46. The summed E-state index contributed by atoms with van der Waals surface area (Å²) >= 11 is 0. The van der Waals surface area contributed by atoms with Crippen LogP contribution in [0.1, 0.15) is 15.9 Å². The molecule has 0 unspecified atom stereocenters. The lowest BCUT2D eigenvalue weighted by molar-refractivity contribution is 0.100. The first-order valence-corrected chi connectivity index (χ1v) is 10.9. The molecule has 168 valence electrons. The van der Waals surface area contributed by atoms with Crippen LogP contribution in [-0.4, -0.2) is 42.2 Å². The number of benzene rings is 2. The Morgan fingerprint density at radius 2 is 1.85 bits per heavy atom. The summed E-state index contributed by atoms with van der Waals surface area (Å²) in [6.45, 7) is 5.46. The molecule has 3 heterocycles. The first kappa shape index (κ1) is 20.8. The molecular weight excluding hydrogens is 416 g/mol. The maximum atomic E-state index is 11.8. The van der Waals surface area contributed by atoms with Gasteiger partial charge in [0, 0.05) is 29.9 Å². The number of amides is 1. The summed E-state index contributed by atoms with van der Waals surface area (Å²) in [5, 5.41) is 7.74. The monoisotopic (exact) mass is 442 g/mol. The normalized spacial score (nSPS) is 13.8. The number of hydrogen-bond acceptors (Lipinski definition) is 6. The topological polar surface area (TPSA) is 108 Å². The van der Waals surface area contributed by atoms with E-state index in [2.05, 4.69) is 50.6 Å². The number of ether oxygens (including phenoxy) is 1. The second-order valence-electron chi connectivity index (χ2n) is 8.09. The van der Waals surface area contributed by atoms with E-state index in [9.17, 15) is 4.79 Å². The van der Waals surface area contributed by atoms with Crippen LogP contribution in [0.25, 0.3) is 10.9 Å². The van der Waals surface area contributed by atoms with Gasteiger partial charge in [-0.05, 0) is 48.9 Å². The number of carbonyl (C=O) groups excluding carboxylic acids is 1. The summed E-state index contributed by atoms with van der Waals surface area (Å²) in [7, 11) is 0. The van der Waals surface area contributed by atoms with E-state index in [1.165, 1.54) is 5.69 Å². The number of primary amides is 1. The lowest BCUT2D eigenvalue weighted by Gasteiger charge is -2.29. The van der Waals surface area contributed by atoms with Crippen molar-refractivity contribution in [3.8, 4) is 0 Å². The molecule has 2 aromatic heterocycles. The van der Waals surface area contributed by atoms with Crippen LogP contribution in [0.4, 0.5) is 28.6 Å². The van der Waals surface area contributed by atoms with Crippen molar-refractivity contribution in [1.82, 2.24) is 9.97 Å². The molecule has 2 aromatic carbocycles. The Morgan fingerprint density at radius 1 is 1.03 bits per heavy atom. The number of aryl methyl sites for hydroxylation is 1. The highest BCUT2D eigenvalue weighted by Crippen LogP contribution is 2.31. The molecule has 8 nitrogen and oxygen atoms in total. The Morgan fingerprint density at radius 3 is 2.64 bits per heavy atom. The van der Waals surface area contributed by atoms with E-state index >= 15 is 0 Å². The number of para-hydroxylation sites is 1. The third-order valence-corrected chi connectivity index (χ3v) is 5.86. The highest BCUT2D eigenvalue weighted by molar-refractivity contribution is 6.01. The van der Waals surface area contributed by atoms with E-state index in [-0.39, 0.29) is 0 Å². The van der Waals surface area contributed by atoms with Crippen molar-refractivity contribution in [3.05, 3.63) is 72.1 Å². The van der Waals surface area contributed by atoms with Crippen LogP contribution in [0.2, 0.25) is 0 Å². The zero-order valence-electron chi connectivity index (χ0n) is 18.4. The third kappa shape index (κ3) is 4.33. The van der Waals surface area contributed by atoms with Gasteiger partial charge >= 0.3 is 0 Å². The lowest BCUT2D eigenvalue weighted by atomic mass is 10.1. The number of anilines is 5. The van der Waals surface area contributed by atoms with E-state index < -0.39 is 5.91 Å². The predicted molar refractivity (Wildman–Crippen MR) is 132 cm³/mol. The van der Waals surface area contributed by atoms with Crippen LogP contribution < -0.4 is 21.3 Å². The quantitative estimate of drug-likeness (QED) is 0.355. The van der Waals surface area contributed by atoms with Crippen molar-refractivity contribution < 1.29 is 9.53 Å². The molecule has 1 saturated heterocycles. The minimum Gasteiger partial charge on any atom is -0.378 e. The Kier molecular flexibility index (Phi) is 5.58. The van der Waals surface area contributed by atoms with E-state index in [0.29, 0.717) is 11.3 Å². The van der Waals surface area contributed by atoms with Gasteiger partial charge in [-0.15, -0.1) is 0 Å². The Labute approximate surface area is 191 Å². The first-order valence-electron chi connectivity index (χ1n) is 10.9. The van der Waals surface area contributed by atoms with E-state index in [4.69, 9.17) is 10.5 Å². The number of nitrogens with zero attached hydrogens (tertiary/aromatic N) is 2. The molecule has 0 atom stereocenters. The number of hydrogen-bond donors (Lipinski definition) is 4. The van der Waals surface area contributed by atoms with Gasteiger partial charge < -0.3 is 31.0 Å². The summed E-state index contributed by atoms with van der Waals surface area (Å²) in [5.74, 6) is 0.372. The minimum absolute atomic E-state index is 0.430. The number of pyridine rings is 1. The molecule has 0 bridgehead atoms. The fourth-order valence-electron chi connectivity index (χ4n) is 4.12. The Bertz CT molecular complexity index is 1310. The molecule has 8 heteroatoms. The van der Waals surface area contributed by atoms with Crippen molar-refractivity contribution in [2.75, 3.05) is 41.8 Å². The molecule has 5 N–H and O–H groups in total. The van der Waals surface area contributed by atoms with Crippen molar-refractivity contribution in [2.24, 2.45) is 5.73 Å². The predicted octanol–water partition coefficient (Wildman–Crippen LogP) is 4.29. The largest absolute Gasteiger partial charge is 0.378 e. The summed E-state index contributed by atoms with van der Waals surface area (Å²) in [4.78, 5) is 21.8. The SMILES string of the molecule is Cc1cc(N2CCOCC2)ccc1Nc1cc2c(Nc3ccccc3C(N)=O)cncc2[nH]1. The summed E-state index contributed by atoms with van der Waals surface area (Å²) in [6.07, 6.45) is 3.51. The van der Waals surface area contributed by atoms with Crippen LogP contribution in [0, 0.1) is 6.92 Å². The van der Waals surface area contributed by atoms with Crippen molar-refractivity contribution in [1.29, 1.82) is 0 Å². The molecule has 1 aliphatic rings. The number of carbonyl (C=O) groups is 1. The molecule has 33 heavy (non-hydrogen) atoms. The van der Waals surface area contributed by atoms with Gasteiger partial charge in [0.1, 0.15) is 5.82 Å². The number of H-pyrrole nitrogens is 1. The van der Waals surface area contributed by atoms with Crippen molar-refractivity contribution >= 4 is 45.4 Å². The standard InChI is InChI=1S/C25H26N6O2/c1-16-12-17(31-8-10-33-11-9-31)6-7-20(16)29-24-13-19-22(14-27-15-23(19)30-24)28-21-5-3-2-4-18(21)25(26)32/h2-7,12-15,28-30H,8-11H2,1H3,(H2,26,32). The second kappa shape index (κ2) is 8.84. The second-order valence-corrected chi connectivity index (χ2v) is 8.09. The van der Waals surface area contributed by atoms with Gasteiger partial charge in [-0.3, -0.25) is 9.78 Å². The van der Waals surface area contributed by atoms with Gasteiger partial charge in [-0.2, -0.15) is 0 Å². The molecule has 0 saturated carbocycles. The first-order chi connectivity index (χ1) is 16.1. The van der Waals surface area contributed by atoms with Crippen LogP contribution >= 0.6 is 0 Å². The van der Waals surface area contributed by atoms with Gasteiger partial charge in [0.2, 0.25) is 0 Å². The van der Waals surface area contributed by atoms with Crippen molar-refractivity contribution in [3.63, 3.8) is 0 Å². The number of aromatic amines is 1. The van der Waals surface area contributed by atoms with Crippen LogP contribution in [0.3, 0.4) is 0 Å². The smallest absolute Gasteiger partial charge is 0.250 e. The Balaban J connectivity index is 1.40. The van der Waals surface area contributed by atoms with E-state index in [1.807, 2.05) is 18.2 Å². The zero-order chi connectivity index (χ0) is 22.8. The minimum atomic E-state index is -0.481. The Hall–Kier alpha value is -4.04. The number of rotatable bonds is 6. The van der Waals surface area contributed by atoms with Gasteiger partial charge in [0.25, 0.3) is 5.91 Å². The highest BCUT2D eigenvalue weighted by atomic mass is 16.5. The van der Waals surface area contributed by atoms with Crippen molar-refractivity contribution in [2.45, 2.75) is 6.92 Å². The highest BCUT2D eigenvalue weighted by Gasteiger charge is 2.14. The lowest BCUT2D eigenvalue weighted by Crippen LogP contribution is -2.36. The fourth-order valence-corrected chi connectivity index (χ4v) is 4.12. The molecular formula is C25H26N6O2. The molecule has 1 amide bonds. The molecule has 1 fully saturated rings. The molecule has 0 aliphatic carbocycles. The van der Waals surface area contributed by atoms with Gasteiger partial charge in [0.05, 0.1) is 48.1 Å². The molecule has 1 aliphatic heterocycles. The van der Waals surface area contributed by atoms with E-state index in [0.717, 1.165) is 60.0 Å². The molecule has 4 aromatic rings. The van der Waals surface area contributed by atoms with Crippen LogP contribution in [-0.2, 0) is 4.74 Å². The zero-order valence-corrected chi connectivity index (χ0v) is 18.4. The number of nitrogens with one attached hydrogen (secondary N) is 3. The van der Waals surface area contributed by atoms with Crippen LogP contribution in [0.15, 0.2) is 60.9 Å².